The number of benzene rings is 1. The predicted molar refractivity (Wildman–Crippen MR) is 70.7 cm³/mol. The van der Waals surface area contributed by atoms with Crippen LogP contribution in [0.5, 0.6) is 0 Å². The molecular formula is C14H20N2O2. The maximum atomic E-state index is 12.1. The van der Waals surface area contributed by atoms with Crippen molar-refractivity contribution in [3.63, 3.8) is 0 Å². The number of amides is 1. The molecule has 2 rings (SSSR count). The lowest BCUT2D eigenvalue weighted by Gasteiger charge is -2.16. The number of nitrogens with one attached hydrogen (secondary N) is 1. The summed E-state index contributed by atoms with van der Waals surface area (Å²) in [7, 11) is 1.60. The summed E-state index contributed by atoms with van der Waals surface area (Å²) in [6, 6.07) is 5.82. The van der Waals surface area contributed by atoms with Gasteiger partial charge in [0.15, 0.2) is 0 Å². The van der Waals surface area contributed by atoms with Crippen molar-refractivity contribution in [1.29, 1.82) is 0 Å². The number of hydrogen-bond acceptors (Lipinski definition) is 3. The molecule has 98 valence electrons. The average molecular weight is 248 g/mol. The molecule has 1 atom stereocenters. The summed E-state index contributed by atoms with van der Waals surface area (Å²) in [5, 5.41) is 2.89. The zero-order valence-electron chi connectivity index (χ0n) is 10.7. The molecule has 1 aromatic carbocycles. The molecule has 0 saturated heterocycles. The number of rotatable bonds is 5. The number of carbonyl (C=O) groups is 1. The van der Waals surface area contributed by atoms with E-state index in [1.165, 1.54) is 17.5 Å². The van der Waals surface area contributed by atoms with Crippen molar-refractivity contribution in [2.75, 3.05) is 20.3 Å². The lowest BCUT2D eigenvalue weighted by Crippen LogP contribution is -2.43. The third-order valence-corrected chi connectivity index (χ3v) is 3.35. The molecule has 0 aromatic heterocycles. The highest BCUT2D eigenvalue weighted by Gasteiger charge is 2.16. The highest BCUT2D eigenvalue weighted by molar-refractivity contribution is 5.94. The monoisotopic (exact) mass is 248 g/mol. The van der Waals surface area contributed by atoms with Gasteiger partial charge in [0.25, 0.3) is 5.91 Å². The van der Waals surface area contributed by atoms with Crippen LogP contribution in [0.25, 0.3) is 0 Å². The van der Waals surface area contributed by atoms with E-state index in [-0.39, 0.29) is 11.9 Å². The summed E-state index contributed by atoms with van der Waals surface area (Å²) in [5.74, 6) is -0.0720. The molecule has 0 spiro atoms. The van der Waals surface area contributed by atoms with E-state index in [2.05, 4.69) is 11.4 Å². The quantitative estimate of drug-likeness (QED) is 0.813. The van der Waals surface area contributed by atoms with Crippen LogP contribution in [0.3, 0.4) is 0 Å². The Morgan fingerprint density at radius 3 is 2.94 bits per heavy atom. The van der Waals surface area contributed by atoms with E-state index in [0.29, 0.717) is 18.7 Å². The van der Waals surface area contributed by atoms with Gasteiger partial charge in [0.1, 0.15) is 0 Å². The van der Waals surface area contributed by atoms with Gasteiger partial charge in [0, 0.05) is 19.2 Å². The van der Waals surface area contributed by atoms with Crippen LogP contribution in [0.15, 0.2) is 18.2 Å². The second-order valence-corrected chi connectivity index (χ2v) is 4.70. The summed E-state index contributed by atoms with van der Waals surface area (Å²) >= 11 is 0. The number of methoxy groups -OCH3 is 1. The van der Waals surface area contributed by atoms with Crippen molar-refractivity contribution < 1.29 is 9.53 Å². The SMILES string of the molecule is COCC(CN)NC(=O)c1ccc2c(c1)CCC2. The van der Waals surface area contributed by atoms with Gasteiger partial charge in [-0.1, -0.05) is 6.07 Å². The second-order valence-electron chi connectivity index (χ2n) is 4.70. The van der Waals surface area contributed by atoms with Crippen molar-refractivity contribution in [3.8, 4) is 0 Å². The normalized spacial score (nSPS) is 15.2. The van der Waals surface area contributed by atoms with Crippen LogP contribution in [0.2, 0.25) is 0 Å². The Morgan fingerprint density at radius 2 is 2.22 bits per heavy atom. The summed E-state index contributed by atoms with van der Waals surface area (Å²) in [6.07, 6.45) is 3.40. The maximum absolute atomic E-state index is 12.1. The number of aryl methyl sites for hydroxylation is 2. The van der Waals surface area contributed by atoms with Crippen molar-refractivity contribution in [2.45, 2.75) is 25.3 Å². The first-order valence-corrected chi connectivity index (χ1v) is 6.36. The zero-order chi connectivity index (χ0) is 13.0. The lowest BCUT2D eigenvalue weighted by molar-refractivity contribution is 0.0900. The molecule has 0 saturated carbocycles. The van der Waals surface area contributed by atoms with E-state index in [1.807, 2.05) is 12.1 Å². The number of nitrogens with two attached hydrogens (primary N) is 1. The minimum atomic E-state index is -0.129. The molecule has 3 N–H and O–H groups in total. The van der Waals surface area contributed by atoms with Crippen LogP contribution in [0.4, 0.5) is 0 Å². The summed E-state index contributed by atoms with van der Waals surface area (Å²) in [6.45, 7) is 0.817. The number of carbonyl (C=O) groups excluding carboxylic acids is 1. The second kappa shape index (κ2) is 5.98. The highest BCUT2D eigenvalue weighted by atomic mass is 16.5. The minimum Gasteiger partial charge on any atom is -0.383 e. The number of hydrogen-bond donors (Lipinski definition) is 2. The summed E-state index contributed by atoms with van der Waals surface area (Å²) in [5.41, 5.74) is 8.97. The van der Waals surface area contributed by atoms with Crippen LogP contribution < -0.4 is 11.1 Å². The van der Waals surface area contributed by atoms with Gasteiger partial charge in [0.05, 0.1) is 12.6 Å². The molecule has 0 fully saturated rings. The Hall–Kier alpha value is -1.39. The first-order valence-electron chi connectivity index (χ1n) is 6.36. The smallest absolute Gasteiger partial charge is 0.251 e. The van der Waals surface area contributed by atoms with Crippen LogP contribution >= 0.6 is 0 Å². The standard InChI is InChI=1S/C14H20N2O2/c1-18-9-13(8-15)16-14(17)12-6-5-10-3-2-4-11(10)7-12/h5-7,13H,2-4,8-9,15H2,1H3,(H,16,17). The van der Waals surface area contributed by atoms with Gasteiger partial charge in [-0.15, -0.1) is 0 Å². The molecule has 1 amide bonds. The van der Waals surface area contributed by atoms with Crippen LogP contribution in [0.1, 0.15) is 27.9 Å². The first-order chi connectivity index (χ1) is 8.74. The van der Waals surface area contributed by atoms with Gasteiger partial charge in [-0.3, -0.25) is 4.79 Å². The fraction of sp³-hybridized carbons (Fsp3) is 0.500. The Labute approximate surface area is 108 Å². The third-order valence-electron chi connectivity index (χ3n) is 3.35. The third kappa shape index (κ3) is 2.89. The Kier molecular flexibility index (Phi) is 4.33. The molecule has 1 aromatic rings. The van der Waals surface area contributed by atoms with Crippen molar-refractivity contribution in [3.05, 3.63) is 34.9 Å². The zero-order valence-corrected chi connectivity index (χ0v) is 10.7. The van der Waals surface area contributed by atoms with Gasteiger partial charge in [0.2, 0.25) is 0 Å². The van der Waals surface area contributed by atoms with E-state index in [1.54, 1.807) is 7.11 Å². The topological polar surface area (TPSA) is 64.3 Å². The molecule has 1 aliphatic carbocycles. The Balaban J connectivity index is 2.04. The van der Waals surface area contributed by atoms with E-state index in [4.69, 9.17) is 10.5 Å². The molecule has 4 heteroatoms. The van der Waals surface area contributed by atoms with Crippen molar-refractivity contribution in [1.82, 2.24) is 5.32 Å². The summed E-state index contributed by atoms with van der Waals surface area (Å²) < 4.78 is 5.01. The Morgan fingerprint density at radius 1 is 1.44 bits per heavy atom. The molecule has 1 unspecified atom stereocenters. The van der Waals surface area contributed by atoms with E-state index < -0.39 is 0 Å². The molecular weight excluding hydrogens is 228 g/mol. The van der Waals surface area contributed by atoms with E-state index >= 15 is 0 Å². The molecule has 0 aliphatic heterocycles. The van der Waals surface area contributed by atoms with Gasteiger partial charge < -0.3 is 15.8 Å². The van der Waals surface area contributed by atoms with Crippen LogP contribution in [-0.2, 0) is 17.6 Å². The van der Waals surface area contributed by atoms with Gasteiger partial charge in [-0.05, 0) is 42.5 Å². The fourth-order valence-electron chi connectivity index (χ4n) is 2.35. The van der Waals surface area contributed by atoms with E-state index in [9.17, 15) is 4.79 Å². The average Bonchev–Trinajstić information content (AvgIpc) is 2.85. The highest BCUT2D eigenvalue weighted by Crippen LogP contribution is 2.22. The summed E-state index contributed by atoms with van der Waals surface area (Å²) in [4.78, 5) is 12.1. The van der Waals surface area contributed by atoms with Gasteiger partial charge in [-0.25, -0.2) is 0 Å². The van der Waals surface area contributed by atoms with Crippen LogP contribution in [0, 0.1) is 0 Å². The van der Waals surface area contributed by atoms with E-state index in [0.717, 1.165) is 12.8 Å². The molecule has 18 heavy (non-hydrogen) atoms. The Bertz CT molecular complexity index is 432. The van der Waals surface area contributed by atoms with Gasteiger partial charge >= 0.3 is 0 Å². The van der Waals surface area contributed by atoms with Crippen molar-refractivity contribution >= 4 is 5.91 Å². The minimum absolute atomic E-state index is 0.0720. The maximum Gasteiger partial charge on any atom is 0.251 e. The van der Waals surface area contributed by atoms with Crippen LogP contribution in [-0.4, -0.2) is 32.2 Å². The number of ether oxygens (including phenoxy) is 1. The number of fused-ring (bicyclic) bond motifs is 1. The van der Waals surface area contributed by atoms with Crippen molar-refractivity contribution in [2.24, 2.45) is 5.73 Å². The fourth-order valence-corrected chi connectivity index (χ4v) is 2.35. The molecule has 4 nitrogen and oxygen atoms in total. The first kappa shape index (κ1) is 13.1. The lowest BCUT2D eigenvalue weighted by atomic mass is 10.1. The molecule has 1 aliphatic rings. The van der Waals surface area contributed by atoms with Gasteiger partial charge in [-0.2, -0.15) is 0 Å². The largest absolute Gasteiger partial charge is 0.383 e. The predicted octanol–water partition coefficient (Wildman–Crippen LogP) is 0.879. The molecule has 0 heterocycles. The molecule has 0 bridgehead atoms. The molecule has 0 radical (unpaired) electrons.